The Bertz CT molecular complexity index is 283. The Labute approximate surface area is 74.3 Å². The average Bonchev–Trinajstić information content (AvgIpc) is 2.08. The van der Waals surface area contributed by atoms with Crippen molar-refractivity contribution in [2.75, 3.05) is 0 Å². The molecule has 0 aliphatic heterocycles. The minimum atomic E-state index is 0.260. The average molecular weight is 158 g/mol. The summed E-state index contributed by atoms with van der Waals surface area (Å²) in [5, 5.41) is 0. The number of allylic oxidation sites excluding steroid dienone is 5. The van der Waals surface area contributed by atoms with Crippen LogP contribution < -0.4 is 0 Å². The maximum absolute atomic E-state index is 3.95. The lowest BCUT2D eigenvalue weighted by Gasteiger charge is -2.29. The van der Waals surface area contributed by atoms with Crippen molar-refractivity contribution >= 4 is 0 Å². The number of hydrogen-bond acceptors (Lipinski definition) is 0. The SMILES string of the molecule is C=C1C(=C)C(=C)C(C)C(=C)C1=C. The number of rotatable bonds is 0. The van der Waals surface area contributed by atoms with Crippen LogP contribution in [0.2, 0.25) is 0 Å². The van der Waals surface area contributed by atoms with Crippen molar-refractivity contribution in [1.82, 2.24) is 0 Å². The molecule has 0 atom stereocenters. The maximum atomic E-state index is 3.95. The molecule has 0 nitrogen and oxygen atoms in total. The molecule has 0 aromatic heterocycles. The smallest absolute Gasteiger partial charge is 0.00611 e. The first kappa shape index (κ1) is 8.79. The van der Waals surface area contributed by atoms with Crippen LogP contribution in [0.25, 0.3) is 0 Å². The van der Waals surface area contributed by atoms with Crippen LogP contribution in [0.15, 0.2) is 60.8 Å². The van der Waals surface area contributed by atoms with Gasteiger partial charge in [-0.2, -0.15) is 0 Å². The minimum absolute atomic E-state index is 0.260. The molecule has 1 fully saturated rings. The van der Waals surface area contributed by atoms with E-state index in [-0.39, 0.29) is 5.92 Å². The first-order chi connectivity index (χ1) is 5.46. The van der Waals surface area contributed by atoms with Crippen LogP contribution >= 0.6 is 0 Å². The quantitative estimate of drug-likeness (QED) is 0.506. The van der Waals surface area contributed by atoms with Crippen molar-refractivity contribution in [2.24, 2.45) is 5.92 Å². The second-order valence-corrected chi connectivity index (χ2v) is 3.21. The zero-order valence-electron chi connectivity index (χ0n) is 7.61. The van der Waals surface area contributed by atoms with Gasteiger partial charge in [0.15, 0.2) is 0 Å². The normalized spacial score (nSPS) is 20.6. The Morgan fingerprint density at radius 1 is 0.750 bits per heavy atom. The van der Waals surface area contributed by atoms with E-state index in [0.717, 1.165) is 27.9 Å². The molecule has 0 heteroatoms. The van der Waals surface area contributed by atoms with Crippen LogP contribution in [0.5, 0.6) is 0 Å². The Morgan fingerprint density at radius 2 is 1.08 bits per heavy atom. The van der Waals surface area contributed by atoms with Crippen molar-refractivity contribution in [3.8, 4) is 0 Å². The van der Waals surface area contributed by atoms with Gasteiger partial charge in [0.05, 0.1) is 0 Å². The summed E-state index contributed by atoms with van der Waals surface area (Å²) in [6.45, 7) is 21.7. The van der Waals surface area contributed by atoms with E-state index in [2.05, 4.69) is 39.8 Å². The molecule has 0 amide bonds. The zero-order chi connectivity index (χ0) is 9.46. The summed E-state index contributed by atoms with van der Waals surface area (Å²) in [6, 6.07) is 0. The molecular weight excluding hydrogens is 144 g/mol. The minimum Gasteiger partial charge on any atom is -0.0946 e. The molecule has 0 saturated heterocycles. The van der Waals surface area contributed by atoms with Crippen molar-refractivity contribution in [1.29, 1.82) is 0 Å². The van der Waals surface area contributed by atoms with Gasteiger partial charge in [0.25, 0.3) is 0 Å². The Hall–Kier alpha value is -1.30. The highest BCUT2D eigenvalue weighted by atomic mass is 14.3. The van der Waals surface area contributed by atoms with Gasteiger partial charge in [0.1, 0.15) is 0 Å². The van der Waals surface area contributed by atoms with Crippen LogP contribution in [0, 0.1) is 5.92 Å². The summed E-state index contributed by atoms with van der Waals surface area (Å²) in [4.78, 5) is 0. The third kappa shape index (κ3) is 1.00. The first-order valence-electron chi connectivity index (χ1n) is 3.92. The molecule has 0 N–H and O–H groups in total. The highest BCUT2D eigenvalue weighted by Crippen LogP contribution is 2.40. The van der Waals surface area contributed by atoms with Gasteiger partial charge >= 0.3 is 0 Å². The Balaban J connectivity index is 3.16. The van der Waals surface area contributed by atoms with Gasteiger partial charge in [0.2, 0.25) is 0 Å². The van der Waals surface area contributed by atoms with Gasteiger partial charge < -0.3 is 0 Å². The molecule has 0 bridgehead atoms. The zero-order valence-corrected chi connectivity index (χ0v) is 7.61. The second-order valence-electron chi connectivity index (χ2n) is 3.21. The third-order valence-electron chi connectivity index (χ3n) is 2.55. The van der Waals surface area contributed by atoms with E-state index in [4.69, 9.17) is 0 Å². The molecule has 12 heavy (non-hydrogen) atoms. The highest BCUT2D eigenvalue weighted by molar-refractivity contribution is 5.65. The van der Waals surface area contributed by atoms with Crippen LogP contribution in [0.1, 0.15) is 6.92 Å². The standard InChI is InChI=1S/C12H14/c1-7-8(2)10(4)12(6)11(5)9(7)3/h12H,1-5H2,6H3. The van der Waals surface area contributed by atoms with Crippen molar-refractivity contribution in [2.45, 2.75) is 6.92 Å². The molecule has 0 spiro atoms. The lowest BCUT2D eigenvalue weighted by atomic mass is 9.75. The van der Waals surface area contributed by atoms with Gasteiger partial charge in [-0.3, -0.25) is 0 Å². The summed E-state index contributed by atoms with van der Waals surface area (Å²) in [7, 11) is 0. The van der Waals surface area contributed by atoms with Gasteiger partial charge in [-0.25, -0.2) is 0 Å². The topological polar surface area (TPSA) is 0 Å². The fourth-order valence-corrected chi connectivity index (χ4v) is 1.30. The van der Waals surface area contributed by atoms with Crippen molar-refractivity contribution < 1.29 is 0 Å². The van der Waals surface area contributed by atoms with Gasteiger partial charge in [-0.05, 0) is 27.9 Å². The molecular formula is C12H14. The lowest BCUT2D eigenvalue weighted by molar-refractivity contribution is 0.811. The predicted octanol–water partition coefficient (Wildman–Crippen LogP) is 3.42. The van der Waals surface area contributed by atoms with E-state index >= 15 is 0 Å². The summed E-state index contributed by atoms with van der Waals surface area (Å²) >= 11 is 0. The van der Waals surface area contributed by atoms with Gasteiger partial charge in [-0.1, -0.05) is 39.8 Å². The Morgan fingerprint density at radius 3 is 1.42 bits per heavy atom. The predicted molar refractivity (Wildman–Crippen MR) is 54.9 cm³/mol. The first-order valence-corrected chi connectivity index (χ1v) is 3.92. The highest BCUT2D eigenvalue weighted by Gasteiger charge is 2.24. The monoisotopic (exact) mass is 158 g/mol. The second kappa shape index (κ2) is 2.63. The Kier molecular flexibility index (Phi) is 1.93. The molecule has 1 aliphatic rings. The van der Waals surface area contributed by atoms with Crippen LogP contribution in [0.4, 0.5) is 0 Å². The van der Waals surface area contributed by atoms with E-state index < -0.39 is 0 Å². The van der Waals surface area contributed by atoms with Crippen LogP contribution in [-0.2, 0) is 0 Å². The molecule has 0 aromatic carbocycles. The summed E-state index contributed by atoms with van der Waals surface area (Å²) in [6.07, 6.45) is 0. The fourth-order valence-electron chi connectivity index (χ4n) is 1.30. The molecule has 1 saturated carbocycles. The molecule has 62 valence electrons. The van der Waals surface area contributed by atoms with Gasteiger partial charge in [0, 0.05) is 5.92 Å². The van der Waals surface area contributed by atoms with Crippen molar-refractivity contribution in [3.05, 3.63) is 60.8 Å². The molecule has 1 aliphatic carbocycles. The number of hydrogen-bond donors (Lipinski definition) is 0. The summed E-state index contributed by atoms with van der Waals surface area (Å²) in [5.41, 5.74) is 4.73. The van der Waals surface area contributed by atoms with Crippen molar-refractivity contribution in [3.63, 3.8) is 0 Å². The van der Waals surface area contributed by atoms with E-state index in [1.54, 1.807) is 0 Å². The summed E-state index contributed by atoms with van der Waals surface area (Å²) < 4.78 is 0. The van der Waals surface area contributed by atoms with Crippen LogP contribution in [0.3, 0.4) is 0 Å². The fraction of sp³-hybridized carbons (Fsp3) is 0.167. The molecule has 0 aromatic rings. The lowest BCUT2D eigenvalue weighted by Crippen LogP contribution is -2.14. The molecule has 1 rings (SSSR count). The third-order valence-corrected chi connectivity index (χ3v) is 2.55. The largest absolute Gasteiger partial charge is 0.0946 e. The van der Waals surface area contributed by atoms with E-state index in [9.17, 15) is 0 Å². The van der Waals surface area contributed by atoms with Crippen LogP contribution in [-0.4, -0.2) is 0 Å². The maximum Gasteiger partial charge on any atom is 0.00611 e. The summed E-state index contributed by atoms with van der Waals surface area (Å²) in [5.74, 6) is 0.260. The molecule has 0 radical (unpaired) electrons. The van der Waals surface area contributed by atoms with E-state index in [1.165, 1.54) is 0 Å². The van der Waals surface area contributed by atoms with E-state index in [0.29, 0.717) is 0 Å². The van der Waals surface area contributed by atoms with Gasteiger partial charge in [-0.15, -0.1) is 0 Å². The molecule has 0 heterocycles. The molecule has 0 unspecified atom stereocenters. The van der Waals surface area contributed by atoms with E-state index in [1.807, 2.05) is 0 Å².